The Bertz CT molecular complexity index is 281. The van der Waals surface area contributed by atoms with Crippen LogP contribution in [0.25, 0.3) is 0 Å². The molecule has 0 aliphatic carbocycles. The van der Waals surface area contributed by atoms with E-state index in [1.807, 2.05) is 0 Å². The predicted octanol–water partition coefficient (Wildman–Crippen LogP) is 0.710. The summed E-state index contributed by atoms with van der Waals surface area (Å²) in [6.45, 7) is 0.489. The SMILES string of the molecule is O=C(O)N1C=C2OCOC2=CC1. The first-order chi connectivity index (χ1) is 5.77. The number of fused-ring (bicyclic) bond motifs is 1. The monoisotopic (exact) mass is 169 g/mol. The van der Waals surface area contributed by atoms with Gasteiger partial charge in [0.05, 0.1) is 12.7 Å². The lowest BCUT2D eigenvalue weighted by atomic mass is 10.3. The van der Waals surface area contributed by atoms with Crippen LogP contribution < -0.4 is 0 Å². The number of hydrogen-bond acceptors (Lipinski definition) is 3. The van der Waals surface area contributed by atoms with Crippen LogP contribution in [0.2, 0.25) is 0 Å². The normalized spacial score (nSPS) is 20.2. The lowest BCUT2D eigenvalue weighted by Gasteiger charge is -2.16. The van der Waals surface area contributed by atoms with Crippen LogP contribution in [-0.4, -0.2) is 29.4 Å². The Morgan fingerprint density at radius 1 is 1.50 bits per heavy atom. The molecular weight excluding hydrogens is 162 g/mol. The number of amides is 1. The number of carbonyl (C=O) groups is 1. The molecule has 2 rings (SSSR count). The zero-order valence-corrected chi connectivity index (χ0v) is 6.19. The summed E-state index contributed by atoms with van der Waals surface area (Å²) in [7, 11) is 0. The molecule has 1 fully saturated rings. The average Bonchev–Trinajstić information content (AvgIpc) is 2.49. The Balaban J connectivity index is 2.21. The van der Waals surface area contributed by atoms with Crippen molar-refractivity contribution in [2.45, 2.75) is 0 Å². The van der Waals surface area contributed by atoms with Crippen molar-refractivity contribution in [2.75, 3.05) is 13.3 Å². The zero-order valence-electron chi connectivity index (χ0n) is 6.19. The Labute approximate surface area is 68.5 Å². The van der Waals surface area contributed by atoms with Gasteiger partial charge < -0.3 is 14.6 Å². The molecule has 5 heteroatoms. The minimum Gasteiger partial charge on any atom is -0.465 e. The van der Waals surface area contributed by atoms with Crippen molar-refractivity contribution in [1.82, 2.24) is 4.90 Å². The topological polar surface area (TPSA) is 59.0 Å². The Kier molecular flexibility index (Phi) is 1.43. The van der Waals surface area contributed by atoms with Crippen molar-refractivity contribution < 1.29 is 19.4 Å². The van der Waals surface area contributed by atoms with Crippen molar-refractivity contribution in [3.63, 3.8) is 0 Å². The van der Waals surface area contributed by atoms with Crippen molar-refractivity contribution in [2.24, 2.45) is 0 Å². The molecule has 0 spiro atoms. The largest absolute Gasteiger partial charge is 0.465 e. The van der Waals surface area contributed by atoms with Crippen LogP contribution in [0.4, 0.5) is 4.79 Å². The third kappa shape index (κ3) is 0.990. The van der Waals surface area contributed by atoms with Gasteiger partial charge in [0.1, 0.15) is 0 Å². The van der Waals surface area contributed by atoms with Crippen LogP contribution in [-0.2, 0) is 9.47 Å². The third-order valence-corrected chi connectivity index (χ3v) is 1.66. The molecule has 0 saturated carbocycles. The molecule has 1 amide bonds. The zero-order chi connectivity index (χ0) is 8.55. The van der Waals surface area contributed by atoms with Crippen molar-refractivity contribution in [3.05, 3.63) is 23.8 Å². The van der Waals surface area contributed by atoms with Gasteiger partial charge in [-0.05, 0) is 6.08 Å². The molecule has 0 aromatic carbocycles. The van der Waals surface area contributed by atoms with Crippen LogP contribution in [0.3, 0.4) is 0 Å². The highest BCUT2D eigenvalue weighted by atomic mass is 16.7. The summed E-state index contributed by atoms with van der Waals surface area (Å²) in [6, 6.07) is 0. The first kappa shape index (κ1) is 7.02. The van der Waals surface area contributed by atoms with Crippen molar-refractivity contribution >= 4 is 6.09 Å². The highest BCUT2D eigenvalue weighted by molar-refractivity contribution is 5.67. The summed E-state index contributed by atoms with van der Waals surface area (Å²) < 4.78 is 10.0. The summed E-state index contributed by atoms with van der Waals surface area (Å²) in [5, 5.41) is 8.61. The maximum absolute atomic E-state index is 10.5. The fourth-order valence-electron chi connectivity index (χ4n) is 1.07. The average molecular weight is 169 g/mol. The van der Waals surface area contributed by atoms with Gasteiger partial charge in [0.25, 0.3) is 0 Å². The molecule has 12 heavy (non-hydrogen) atoms. The van der Waals surface area contributed by atoms with E-state index in [9.17, 15) is 4.79 Å². The maximum Gasteiger partial charge on any atom is 0.411 e. The van der Waals surface area contributed by atoms with E-state index in [4.69, 9.17) is 14.6 Å². The first-order valence-electron chi connectivity index (χ1n) is 3.45. The molecule has 64 valence electrons. The first-order valence-corrected chi connectivity index (χ1v) is 3.45. The number of rotatable bonds is 0. The summed E-state index contributed by atoms with van der Waals surface area (Å²) in [6.07, 6.45) is 2.11. The van der Waals surface area contributed by atoms with Crippen LogP contribution in [0.15, 0.2) is 23.8 Å². The Hall–Kier alpha value is -1.65. The number of nitrogens with zero attached hydrogens (tertiary/aromatic N) is 1. The molecule has 2 heterocycles. The van der Waals surface area contributed by atoms with E-state index in [2.05, 4.69) is 0 Å². The van der Waals surface area contributed by atoms with Crippen LogP contribution in [0.1, 0.15) is 0 Å². The van der Waals surface area contributed by atoms with E-state index in [1.54, 1.807) is 6.08 Å². The number of carboxylic acid groups (broad SMARTS) is 1. The second kappa shape index (κ2) is 2.44. The van der Waals surface area contributed by atoms with E-state index >= 15 is 0 Å². The van der Waals surface area contributed by atoms with Gasteiger partial charge in [-0.2, -0.15) is 0 Å². The van der Waals surface area contributed by atoms with E-state index in [1.165, 1.54) is 6.20 Å². The van der Waals surface area contributed by atoms with Gasteiger partial charge in [0.2, 0.25) is 6.79 Å². The standard InChI is InChI=1S/C7H7NO4/c9-7(10)8-2-1-5-6(3-8)12-4-11-5/h1,3H,2,4H2,(H,9,10). The van der Waals surface area contributed by atoms with E-state index in [-0.39, 0.29) is 6.79 Å². The fraction of sp³-hybridized carbons (Fsp3) is 0.286. The van der Waals surface area contributed by atoms with Crippen LogP contribution in [0, 0.1) is 0 Å². The summed E-state index contributed by atoms with van der Waals surface area (Å²) in [5.74, 6) is 1.12. The van der Waals surface area contributed by atoms with Gasteiger partial charge in [-0.15, -0.1) is 0 Å². The van der Waals surface area contributed by atoms with E-state index in [0.717, 1.165) is 4.90 Å². The Morgan fingerprint density at radius 3 is 3.00 bits per heavy atom. The van der Waals surface area contributed by atoms with Crippen molar-refractivity contribution in [1.29, 1.82) is 0 Å². The molecule has 2 aliphatic heterocycles. The second-order valence-corrected chi connectivity index (χ2v) is 2.40. The van der Waals surface area contributed by atoms with Crippen LogP contribution in [0.5, 0.6) is 0 Å². The molecular formula is C7H7NO4. The van der Waals surface area contributed by atoms with E-state index in [0.29, 0.717) is 18.1 Å². The second-order valence-electron chi connectivity index (χ2n) is 2.40. The molecule has 0 aromatic heterocycles. The molecule has 1 saturated heterocycles. The van der Waals surface area contributed by atoms with Crippen LogP contribution >= 0.6 is 0 Å². The molecule has 0 aromatic rings. The fourth-order valence-corrected chi connectivity index (χ4v) is 1.07. The molecule has 0 radical (unpaired) electrons. The lowest BCUT2D eigenvalue weighted by molar-refractivity contribution is 0.0972. The predicted molar refractivity (Wildman–Crippen MR) is 37.9 cm³/mol. The quantitative estimate of drug-likeness (QED) is 0.580. The highest BCUT2D eigenvalue weighted by Crippen LogP contribution is 2.24. The summed E-state index contributed by atoms with van der Waals surface area (Å²) >= 11 is 0. The molecule has 0 bridgehead atoms. The van der Waals surface area contributed by atoms with Gasteiger partial charge in [0, 0.05) is 0 Å². The molecule has 0 unspecified atom stereocenters. The van der Waals surface area contributed by atoms with Gasteiger partial charge >= 0.3 is 6.09 Å². The minimum absolute atomic E-state index is 0.172. The molecule has 2 aliphatic rings. The molecule has 1 N–H and O–H groups in total. The van der Waals surface area contributed by atoms with Gasteiger partial charge in [-0.3, -0.25) is 4.90 Å². The van der Waals surface area contributed by atoms with E-state index < -0.39 is 6.09 Å². The third-order valence-electron chi connectivity index (χ3n) is 1.66. The highest BCUT2D eigenvalue weighted by Gasteiger charge is 2.23. The molecule has 0 atom stereocenters. The smallest absolute Gasteiger partial charge is 0.411 e. The maximum atomic E-state index is 10.5. The number of hydrogen-bond donors (Lipinski definition) is 1. The molecule has 5 nitrogen and oxygen atoms in total. The van der Waals surface area contributed by atoms with Gasteiger partial charge in [-0.1, -0.05) is 0 Å². The van der Waals surface area contributed by atoms with Crippen molar-refractivity contribution in [3.8, 4) is 0 Å². The van der Waals surface area contributed by atoms with Gasteiger partial charge in [-0.25, -0.2) is 4.79 Å². The van der Waals surface area contributed by atoms with Gasteiger partial charge in [0.15, 0.2) is 11.5 Å². The number of ether oxygens (including phenoxy) is 2. The lowest BCUT2D eigenvalue weighted by Crippen LogP contribution is -2.26. The summed E-state index contributed by atoms with van der Waals surface area (Å²) in [4.78, 5) is 11.6. The Morgan fingerprint density at radius 2 is 2.25 bits per heavy atom. The summed E-state index contributed by atoms with van der Waals surface area (Å²) in [5.41, 5.74) is 0. The minimum atomic E-state index is -0.992.